The van der Waals surface area contributed by atoms with Crippen molar-refractivity contribution in [1.82, 2.24) is 10.2 Å². The van der Waals surface area contributed by atoms with Crippen LogP contribution in [-0.2, 0) is 22.6 Å². The molecule has 0 bridgehead atoms. The highest BCUT2D eigenvalue weighted by Gasteiger charge is 2.29. The standard InChI is InChI=1S/C39H61N3O6S.HI/c1-4-6-7-8-9-10-11-12-13-14-15-16-17-18-22-27-40-38(44)47-29-31-49-32-30-48-39(45)42(33-34-24-21-23-28-41(34)5-2)37(43)35-25-19-20-26-36(35)46-3;/h19-21,23-26,28H,4-18,22,27,29-33H2,1-3H3;1H. The number of ether oxygens (including phenoxy) is 3. The van der Waals surface area contributed by atoms with Gasteiger partial charge >= 0.3 is 12.2 Å². The number of methoxy groups -OCH3 is 1. The number of nitrogens with one attached hydrogen (secondary N) is 1. The molecule has 9 nitrogen and oxygen atoms in total. The van der Waals surface area contributed by atoms with Gasteiger partial charge in [-0.1, -0.05) is 115 Å². The average molecular weight is 828 g/mol. The quantitative estimate of drug-likeness (QED) is 0.0660. The Hall–Kier alpha value is -2.54. The van der Waals surface area contributed by atoms with Gasteiger partial charge in [0.05, 0.1) is 12.7 Å². The number of nitrogens with zero attached hydrogens (tertiary/aromatic N) is 2. The third kappa shape index (κ3) is 19.7. The molecule has 0 unspecified atom stereocenters. The van der Waals surface area contributed by atoms with Gasteiger partial charge in [-0.3, -0.25) is 4.79 Å². The Morgan fingerprint density at radius 1 is 0.740 bits per heavy atom. The van der Waals surface area contributed by atoms with Crippen LogP contribution in [0.15, 0.2) is 48.7 Å². The summed E-state index contributed by atoms with van der Waals surface area (Å²) >= 11 is 1.51. The van der Waals surface area contributed by atoms with Gasteiger partial charge in [-0.05, 0) is 25.5 Å². The number of alkyl carbamates (subject to hydrolysis) is 1. The Bertz CT molecular complexity index is 1200. The highest BCUT2D eigenvalue weighted by molar-refractivity contribution is 7.99. The summed E-state index contributed by atoms with van der Waals surface area (Å²) in [5.41, 5.74) is 1.08. The van der Waals surface area contributed by atoms with Gasteiger partial charge in [0.2, 0.25) is 5.69 Å². The lowest BCUT2D eigenvalue weighted by molar-refractivity contribution is -0.701. The molecular weight excluding hydrogens is 765 g/mol. The second-order valence-electron chi connectivity index (χ2n) is 12.3. The molecule has 1 aromatic heterocycles. The zero-order chi connectivity index (χ0) is 35.4. The molecule has 1 aromatic carbocycles. The van der Waals surface area contributed by atoms with Crippen LogP contribution in [0.25, 0.3) is 0 Å². The summed E-state index contributed by atoms with van der Waals surface area (Å²) in [5, 5.41) is 2.83. The van der Waals surface area contributed by atoms with Crippen LogP contribution in [0.3, 0.4) is 0 Å². The molecule has 2 rings (SSSR count). The molecule has 50 heavy (non-hydrogen) atoms. The molecule has 0 saturated heterocycles. The van der Waals surface area contributed by atoms with E-state index < -0.39 is 18.1 Å². The predicted octanol–water partition coefficient (Wildman–Crippen LogP) is 6.12. The van der Waals surface area contributed by atoms with Crippen LogP contribution < -0.4 is 38.6 Å². The second-order valence-corrected chi connectivity index (χ2v) is 13.5. The van der Waals surface area contributed by atoms with Crippen molar-refractivity contribution in [3.05, 3.63) is 59.9 Å². The van der Waals surface area contributed by atoms with E-state index in [-0.39, 0.29) is 49.3 Å². The number of thioether (sulfide) groups is 1. The zero-order valence-electron chi connectivity index (χ0n) is 30.8. The molecule has 0 aliphatic rings. The number of benzene rings is 1. The van der Waals surface area contributed by atoms with E-state index in [1.807, 2.05) is 35.9 Å². The summed E-state index contributed by atoms with van der Waals surface area (Å²) in [6, 6.07) is 12.5. The number of unbranched alkanes of at least 4 members (excludes halogenated alkanes) is 14. The van der Waals surface area contributed by atoms with E-state index in [0.29, 0.717) is 30.3 Å². The van der Waals surface area contributed by atoms with Crippen molar-refractivity contribution >= 4 is 29.9 Å². The number of halogens is 1. The van der Waals surface area contributed by atoms with Gasteiger partial charge in [-0.2, -0.15) is 11.8 Å². The lowest BCUT2D eigenvalue weighted by Crippen LogP contribution is -3.00. The van der Waals surface area contributed by atoms with Gasteiger partial charge in [0, 0.05) is 30.2 Å². The third-order valence-electron chi connectivity index (χ3n) is 8.46. The van der Waals surface area contributed by atoms with Crippen LogP contribution in [0.5, 0.6) is 5.75 Å². The average Bonchev–Trinajstić information content (AvgIpc) is 3.12. The number of para-hydroxylation sites is 1. The first kappa shape index (κ1) is 45.5. The van der Waals surface area contributed by atoms with Gasteiger partial charge in [0.1, 0.15) is 32.1 Å². The molecule has 0 saturated carbocycles. The van der Waals surface area contributed by atoms with Gasteiger partial charge in [-0.25, -0.2) is 19.1 Å². The fraction of sp³-hybridized carbons (Fsp3) is 0.641. The van der Waals surface area contributed by atoms with Crippen molar-refractivity contribution in [1.29, 1.82) is 0 Å². The number of rotatable bonds is 27. The number of hydrogen-bond donors (Lipinski definition) is 1. The fourth-order valence-corrected chi connectivity index (χ4v) is 6.22. The van der Waals surface area contributed by atoms with Crippen molar-refractivity contribution in [2.24, 2.45) is 0 Å². The molecule has 2 aromatic rings. The Balaban J connectivity index is 0.0000125. The number of aromatic nitrogens is 1. The summed E-state index contributed by atoms with van der Waals surface area (Å²) in [5.74, 6) is 0.975. The highest BCUT2D eigenvalue weighted by atomic mass is 127. The monoisotopic (exact) mass is 827 g/mol. The number of aryl methyl sites for hydroxylation is 1. The Kier molecular flexibility index (Phi) is 27.4. The fourth-order valence-electron chi connectivity index (χ4n) is 5.61. The summed E-state index contributed by atoms with van der Waals surface area (Å²) in [7, 11) is 1.49. The van der Waals surface area contributed by atoms with E-state index in [1.165, 1.54) is 102 Å². The van der Waals surface area contributed by atoms with Crippen LogP contribution in [-0.4, -0.2) is 61.4 Å². The topological polar surface area (TPSA) is 98.0 Å². The predicted molar refractivity (Wildman–Crippen MR) is 198 cm³/mol. The van der Waals surface area contributed by atoms with E-state index in [0.717, 1.165) is 23.4 Å². The van der Waals surface area contributed by atoms with Crippen molar-refractivity contribution in [2.45, 2.75) is 123 Å². The highest BCUT2D eigenvalue weighted by Crippen LogP contribution is 2.21. The minimum Gasteiger partial charge on any atom is -1.00 e. The minimum absolute atomic E-state index is 0. The van der Waals surface area contributed by atoms with Crippen molar-refractivity contribution in [3.8, 4) is 5.75 Å². The van der Waals surface area contributed by atoms with Gasteiger partial charge in [0.15, 0.2) is 6.20 Å². The first-order valence-corrected chi connectivity index (χ1v) is 19.7. The molecule has 282 valence electrons. The molecule has 0 spiro atoms. The SMILES string of the molecule is CCCCCCCCCCCCCCCCCNC(=O)OCCSCCOC(=O)N(Cc1cccc[n+]1CC)C(=O)c1ccccc1OC.[I-]. The molecule has 0 aliphatic heterocycles. The summed E-state index contributed by atoms with van der Waals surface area (Å²) < 4.78 is 18.1. The smallest absolute Gasteiger partial charge is 0.417 e. The number of hydrogen-bond acceptors (Lipinski definition) is 7. The third-order valence-corrected chi connectivity index (χ3v) is 9.37. The molecule has 0 aliphatic carbocycles. The van der Waals surface area contributed by atoms with Gasteiger partial charge in [-0.15, -0.1) is 0 Å². The number of carbonyl (C=O) groups excluding carboxylic acids is 3. The maximum Gasteiger partial charge on any atom is 0.417 e. The second kappa shape index (κ2) is 30.1. The van der Waals surface area contributed by atoms with E-state index >= 15 is 0 Å². The number of carbonyl (C=O) groups is 3. The van der Waals surface area contributed by atoms with Crippen LogP contribution >= 0.6 is 11.8 Å². The summed E-state index contributed by atoms with van der Waals surface area (Å²) in [4.78, 5) is 39.8. The van der Waals surface area contributed by atoms with Crippen molar-refractivity contribution in [2.75, 3.05) is 38.4 Å². The first-order chi connectivity index (χ1) is 24.0. The molecule has 0 atom stereocenters. The Labute approximate surface area is 323 Å². The van der Waals surface area contributed by atoms with E-state index in [1.54, 1.807) is 24.3 Å². The number of pyridine rings is 1. The number of amides is 3. The Morgan fingerprint density at radius 3 is 1.90 bits per heavy atom. The minimum atomic E-state index is -0.725. The molecular formula is C39H62IN3O6S. The molecule has 0 fully saturated rings. The molecule has 3 amide bonds. The van der Waals surface area contributed by atoms with Crippen LogP contribution in [0.1, 0.15) is 126 Å². The van der Waals surface area contributed by atoms with Crippen LogP contribution in [0, 0.1) is 0 Å². The van der Waals surface area contributed by atoms with Crippen molar-refractivity contribution in [3.63, 3.8) is 0 Å². The van der Waals surface area contributed by atoms with Gasteiger partial charge < -0.3 is 43.5 Å². The zero-order valence-corrected chi connectivity index (χ0v) is 33.8. The normalized spacial score (nSPS) is 10.6. The maximum atomic E-state index is 13.5. The summed E-state index contributed by atoms with van der Waals surface area (Å²) in [6.45, 7) is 6.04. The lowest BCUT2D eigenvalue weighted by atomic mass is 10.0. The molecule has 0 radical (unpaired) electrons. The number of imide groups is 1. The maximum absolute atomic E-state index is 13.5. The first-order valence-electron chi connectivity index (χ1n) is 18.6. The molecule has 1 heterocycles. The lowest BCUT2D eigenvalue weighted by Gasteiger charge is -2.20. The molecule has 1 N–H and O–H groups in total. The van der Waals surface area contributed by atoms with Gasteiger partial charge in [0.25, 0.3) is 5.91 Å². The van der Waals surface area contributed by atoms with E-state index in [4.69, 9.17) is 14.2 Å². The van der Waals surface area contributed by atoms with Crippen LogP contribution in [0.2, 0.25) is 0 Å². The van der Waals surface area contributed by atoms with Crippen molar-refractivity contribution < 1.29 is 57.1 Å². The largest absolute Gasteiger partial charge is 1.00 e. The summed E-state index contributed by atoms with van der Waals surface area (Å²) in [6.07, 6.45) is 20.5. The Morgan fingerprint density at radius 2 is 1.30 bits per heavy atom. The molecule has 11 heteroatoms. The van der Waals surface area contributed by atoms with E-state index in [9.17, 15) is 14.4 Å². The van der Waals surface area contributed by atoms with E-state index in [2.05, 4.69) is 12.2 Å². The van der Waals surface area contributed by atoms with Crippen LogP contribution in [0.4, 0.5) is 9.59 Å².